The van der Waals surface area contributed by atoms with Crippen LogP contribution in [0.1, 0.15) is 12.0 Å². The lowest BCUT2D eigenvalue weighted by molar-refractivity contribution is -0.144. The summed E-state index contributed by atoms with van der Waals surface area (Å²) in [7, 11) is 0. The molecule has 0 aliphatic rings. The van der Waals surface area contributed by atoms with Crippen molar-refractivity contribution in [2.75, 3.05) is 6.54 Å². The second kappa shape index (κ2) is 5.62. The first kappa shape index (κ1) is 11.0. The van der Waals surface area contributed by atoms with Gasteiger partial charge >= 0.3 is 5.97 Å². The van der Waals surface area contributed by atoms with Crippen molar-refractivity contribution in [2.24, 2.45) is 5.73 Å². The number of hydrogen-bond acceptors (Lipinski definition) is 3. The van der Waals surface area contributed by atoms with Crippen LogP contribution in [0.4, 0.5) is 0 Å². The highest BCUT2D eigenvalue weighted by molar-refractivity contribution is 6.30. The molecule has 0 unspecified atom stereocenters. The van der Waals surface area contributed by atoms with Crippen LogP contribution in [-0.4, -0.2) is 12.5 Å². The Bertz CT molecular complexity index is 315. The van der Waals surface area contributed by atoms with Crippen molar-refractivity contribution in [3.63, 3.8) is 0 Å². The van der Waals surface area contributed by atoms with Crippen molar-refractivity contribution < 1.29 is 9.53 Å². The minimum absolute atomic E-state index is 0.249. The van der Waals surface area contributed by atoms with Gasteiger partial charge in [-0.25, -0.2) is 0 Å². The van der Waals surface area contributed by atoms with Crippen molar-refractivity contribution >= 4 is 17.6 Å². The summed E-state index contributed by atoms with van der Waals surface area (Å²) >= 11 is 5.76. The predicted molar refractivity (Wildman–Crippen MR) is 54.9 cm³/mol. The highest BCUT2D eigenvalue weighted by Crippen LogP contribution is 2.11. The molecule has 0 atom stereocenters. The van der Waals surface area contributed by atoms with E-state index in [0.29, 0.717) is 11.6 Å². The third kappa shape index (κ3) is 3.77. The number of esters is 1. The molecular weight excluding hydrogens is 202 g/mol. The van der Waals surface area contributed by atoms with E-state index in [-0.39, 0.29) is 19.0 Å². The van der Waals surface area contributed by atoms with Crippen LogP contribution in [0.5, 0.6) is 0 Å². The van der Waals surface area contributed by atoms with Crippen molar-refractivity contribution in [1.29, 1.82) is 0 Å². The molecule has 0 aliphatic carbocycles. The van der Waals surface area contributed by atoms with Gasteiger partial charge in [0, 0.05) is 11.6 Å². The second-order valence-electron chi connectivity index (χ2n) is 2.83. The molecule has 4 heteroatoms. The molecule has 1 aromatic rings. The molecule has 0 aromatic heterocycles. The van der Waals surface area contributed by atoms with Crippen LogP contribution in [-0.2, 0) is 16.1 Å². The minimum Gasteiger partial charge on any atom is -0.461 e. The summed E-state index contributed by atoms with van der Waals surface area (Å²) in [6, 6.07) is 7.19. The number of carbonyl (C=O) groups is 1. The van der Waals surface area contributed by atoms with Gasteiger partial charge in [-0.2, -0.15) is 0 Å². The summed E-state index contributed by atoms with van der Waals surface area (Å²) in [5.74, 6) is -0.285. The number of benzene rings is 1. The van der Waals surface area contributed by atoms with Gasteiger partial charge < -0.3 is 10.5 Å². The molecular formula is C10H12ClNO2. The average Bonchev–Trinajstić information content (AvgIpc) is 2.15. The Hall–Kier alpha value is -1.06. The Kier molecular flexibility index (Phi) is 4.43. The molecule has 0 spiro atoms. The Labute approximate surface area is 87.8 Å². The number of carbonyl (C=O) groups excluding carboxylic acids is 1. The third-order valence-corrected chi connectivity index (χ3v) is 1.87. The molecule has 0 bridgehead atoms. The summed E-state index contributed by atoms with van der Waals surface area (Å²) < 4.78 is 4.95. The monoisotopic (exact) mass is 213 g/mol. The fourth-order valence-corrected chi connectivity index (χ4v) is 1.19. The maximum atomic E-state index is 11.0. The zero-order chi connectivity index (χ0) is 10.4. The van der Waals surface area contributed by atoms with Crippen molar-refractivity contribution in [3.05, 3.63) is 34.9 Å². The molecule has 3 nitrogen and oxygen atoms in total. The average molecular weight is 214 g/mol. The molecule has 0 heterocycles. The highest BCUT2D eigenvalue weighted by Gasteiger charge is 2.01. The molecule has 0 amide bonds. The summed E-state index contributed by atoms with van der Waals surface area (Å²) in [5.41, 5.74) is 6.08. The van der Waals surface area contributed by atoms with Crippen LogP contribution in [0, 0.1) is 0 Å². The topological polar surface area (TPSA) is 52.3 Å². The molecule has 76 valence electrons. The minimum atomic E-state index is -0.285. The zero-order valence-corrected chi connectivity index (χ0v) is 8.46. The SMILES string of the molecule is NCCC(=O)OCc1cccc(Cl)c1. The van der Waals surface area contributed by atoms with Gasteiger partial charge in [-0.3, -0.25) is 4.79 Å². The normalized spacial score (nSPS) is 9.86. The Morgan fingerprint density at radius 2 is 2.29 bits per heavy atom. The highest BCUT2D eigenvalue weighted by atomic mass is 35.5. The van der Waals surface area contributed by atoms with Gasteiger partial charge in [0.1, 0.15) is 6.61 Å². The van der Waals surface area contributed by atoms with Crippen molar-refractivity contribution in [3.8, 4) is 0 Å². The molecule has 1 aromatic carbocycles. The zero-order valence-electron chi connectivity index (χ0n) is 7.70. The number of hydrogen-bond donors (Lipinski definition) is 1. The first-order chi connectivity index (χ1) is 6.72. The van der Waals surface area contributed by atoms with E-state index in [9.17, 15) is 4.79 Å². The van der Waals surface area contributed by atoms with Crippen LogP contribution in [0.2, 0.25) is 5.02 Å². The van der Waals surface area contributed by atoms with E-state index in [4.69, 9.17) is 22.1 Å². The fraction of sp³-hybridized carbons (Fsp3) is 0.300. The smallest absolute Gasteiger partial charge is 0.307 e. The van der Waals surface area contributed by atoms with Crippen LogP contribution in [0.25, 0.3) is 0 Å². The van der Waals surface area contributed by atoms with E-state index in [1.54, 1.807) is 12.1 Å². The van der Waals surface area contributed by atoms with Crippen molar-refractivity contribution in [2.45, 2.75) is 13.0 Å². The molecule has 0 radical (unpaired) electrons. The van der Waals surface area contributed by atoms with Gasteiger partial charge in [0.15, 0.2) is 0 Å². The first-order valence-electron chi connectivity index (χ1n) is 4.32. The molecule has 2 N–H and O–H groups in total. The maximum absolute atomic E-state index is 11.0. The standard InChI is InChI=1S/C10H12ClNO2/c11-9-3-1-2-8(6-9)7-14-10(13)4-5-12/h1-3,6H,4-5,7,12H2. The number of halogens is 1. The van der Waals surface area contributed by atoms with E-state index < -0.39 is 0 Å². The Balaban J connectivity index is 2.41. The van der Waals surface area contributed by atoms with Gasteiger partial charge in [0.25, 0.3) is 0 Å². The van der Waals surface area contributed by atoms with Crippen molar-refractivity contribution in [1.82, 2.24) is 0 Å². The molecule has 1 rings (SSSR count). The van der Waals surface area contributed by atoms with Gasteiger partial charge in [-0.05, 0) is 17.7 Å². The number of rotatable bonds is 4. The van der Waals surface area contributed by atoms with Gasteiger partial charge in [-0.1, -0.05) is 23.7 Å². The number of nitrogens with two attached hydrogens (primary N) is 1. The summed E-state index contributed by atoms with van der Waals surface area (Å²) in [4.78, 5) is 11.0. The largest absolute Gasteiger partial charge is 0.461 e. The van der Waals surface area contributed by atoms with Crippen LogP contribution in [0.15, 0.2) is 24.3 Å². The van der Waals surface area contributed by atoms with Gasteiger partial charge in [-0.15, -0.1) is 0 Å². The van der Waals surface area contributed by atoms with Crippen LogP contribution in [0.3, 0.4) is 0 Å². The van der Waals surface area contributed by atoms with Crippen LogP contribution >= 0.6 is 11.6 Å². The lowest BCUT2D eigenvalue weighted by Crippen LogP contribution is -2.10. The predicted octanol–water partition coefficient (Wildman–Crippen LogP) is 1.73. The maximum Gasteiger partial charge on any atom is 0.307 e. The Morgan fingerprint density at radius 1 is 1.50 bits per heavy atom. The number of ether oxygens (including phenoxy) is 1. The summed E-state index contributed by atoms with van der Waals surface area (Å²) in [6.07, 6.45) is 0.251. The molecule has 14 heavy (non-hydrogen) atoms. The quantitative estimate of drug-likeness (QED) is 0.775. The second-order valence-corrected chi connectivity index (χ2v) is 3.27. The van der Waals surface area contributed by atoms with Crippen LogP contribution < -0.4 is 5.73 Å². The molecule has 0 fully saturated rings. The lowest BCUT2D eigenvalue weighted by Gasteiger charge is -2.03. The molecule has 0 saturated heterocycles. The van der Waals surface area contributed by atoms with Gasteiger partial charge in [0.2, 0.25) is 0 Å². The van der Waals surface area contributed by atoms with E-state index in [1.807, 2.05) is 12.1 Å². The summed E-state index contributed by atoms with van der Waals surface area (Å²) in [6.45, 7) is 0.563. The van der Waals surface area contributed by atoms with E-state index in [2.05, 4.69) is 0 Å². The van der Waals surface area contributed by atoms with E-state index in [1.165, 1.54) is 0 Å². The molecule has 0 saturated carbocycles. The van der Waals surface area contributed by atoms with E-state index in [0.717, 1.165) is 5.56 Å². The summed E-state index contributed by atoms with van der Waals surface area (Å²) in [5, 5.41) is 0.636. The van der Waals surface area contributed by atoms with Gasteiger partial charge in [0.05, 0.1) is 6.42 Å². The Morgan fingerprint density at radius 3 is 2.93 bits per heavy atom. The van der Waals surface area contributed by atoms with E-state index >= 15 is 0 Å². The first-order valence-corrected chi connectivity index (χ1v) is 4.70. The third-order valence-electron chi connectivity index (χ3n) is 1.64. The molecule has 0 aliphatic heterocycles. The lowest BCUT2D eigenvalue weighted by atomic mass is 10.2. The fourth-order valence-electron chi connectivity index (χ4n) is 0.981.